The van der Waals surface area contributed by atoms with E-state index < -0.39 is 50.3 Å². The van der Waals surface area contributed by atoms with Gasteiger partial charge in [0.1, 0.15) is 11.8 Å². The van der Waals surface area contributed by atoms with Crippen LogP contribution in [0.1, 0.15) is 77.8 Å². The van der Waals surface area contributed by atoms with E-state index in [1.54, 1.807) is 12.1 Å². The topological polar surface area (TPSA) is 148 Å². The largest absolute Gasteiger partial charge is 0.508 e. The quantitative estimate of drug-likeness (QED) is 0.215. The number of nitrogens with one attached hydrogen (secondary N) is 3. The van der Waals surface area contributed by atoms with Crippen molar-refractivity contribution in [3.05, 3.63) is 65.7 Å². The molecular weight excluding hydrogens is 628 g/mol. The van der Waals surface area contributed by atoms with Gasteiger partial charge in [-0.25, -0.2) is 8.42 Å². The number of aromatic hydroxyl groups is 1. The Balaban J connectivity index is 1.60. The van der Waals surface area contributed by atoms with Gasteiger partial charge < -0.3 is 26.2 Å². The van der Waals surface area contributed by atoms with Crippen molar-refractivity contribution >= 4 is 21.7 Å². The van der Waals surface area contributed by atoms with Crippen LogP contribution in [0.3, 0.4) is 0 Å². The Morgan fingerprint density at radius 1 is 0.938 bits per heavy atom. The first-order valence-electron chi connectivity index (χ1n) is 17.2. The summed E-state index contributed by atoms with van der Waals surface area (Å²) < 4.78 is 24.5. The van der Waals surface area contributed by atoms with Gasteiger partial charge >= 0.3 is 0 Å². The van der Waals surface area contributed by atoms with Crippen molar-refractivity contribution in [3.8, 4) is 5.75 Å². The van der Waals surface area contributed by atoms with Crippen LogP contribution < -0.4 is 16.0 Å². The average molecular weight is 685 g/mol. The summed E-state index contributed by atoms with van der Waals surface area (Å²) in [4.78, 5) is 29.9. The van der Waals surface area contributed by atoms with Gasteiger partial charge in [0.2, 0.25) is 11.8 Å². The summed E-state index contributed by atoms with van der Waals surface area (Å²) in [6.07, 6.45) is 5.68. The van der Waals surface area contributed by atoms with Crippen LogP contribution in [-0.2, 0) is 32.4 Å². The van der Waals surface area contributed by atoms with Gasteiger partial charge in [-0.05, 0) is 89.0 Å². The lowest BCUT2D eigenvalue weighted by Crippen LogP contribution is -2.63. The van der Waals surface area contributed by atoms with E-state index in [0.29, 0.717) is 24.8 Å². The smallest absolute Gasteiger partial charge is 0.239 e. The minimum atomic E-state index is -3.72. The van der Waals surface area contributed by atoms with Crippen LogP contribution in [0.25, 0.3) is 0 Å². The third-order valence-electron chi connectivity index (χ3n) is 10.2. The number of nitrogens with zero attached hydrogens (tertiary/aromatic N) is 1. The average Bonchev–Trinajstić information content (AvgIpc) is 3.00. The minimum absolute atomic E-state index is 0.0456. The number of β-amino-alcohol motifs (C(OH)–C–C–N with tert-alkyl or cyclic N) is 1. The highest BCUT2D eigenvalue weighted by Gasteiger charge is 2.45. The maximum Gasteiger partial charge on any atom is 0.239 e. The molecule has 11 heteroatoms. The normalized spacial score (nSPS) is 22.6. The van der Waals surface area contributed by atoms with E-state index in [4.69, 9.17) is 0 Å². The second kappa shape index (κ2) is 15.7. The highest BCUT2D eigenvalue weighted by molar-refractivity contribution is 7.92. The fraction of sp³-hybridized carbons (Fsp3) is 0.622. The van der Waals surface area contributed by atoms with Crippen LogP contribution in [0.4, 0.5) is 0 Å². The number of likely N-dealkylation sites (tertiary alicyclic amines) is 1. The molecule has 1 saturated heterocycles. The predicted molar refractivity (Wildman–Crippen MR) is 189 cm³/mol. The predicted octanol–water partition coefficient (Wildman–Crippen LogP) is 3.56. The number of amides is 2. The molecule has 2 aliphatic rings. The van der Waals surface area contributed by atoms with Crippen LogP contribution in [0.15, 0.2) is 54.6 Å². The van der Waals surface area contributed by atoms with E-state index >= 15 is 0 Å². The number of piperidine rings is 1. The lowest BCUT2D eigenvalue weighted by molar-refractivity contribution is -0.133. The van der Waals surface area contributed by atoms with Crippen molar-refractivity contribution in [2.45, 2.75) is 114 Å². The highest BCUT2D eigenvalue weighted by atomic mass is 32.2. The molecule has 5 N–H and O–H groups in total. The molecule has 1 aliphatic heterocycles. The van der Waals surface area contributed by atoms with Crippen molar-refractivity contribution in [3.63, 3.8) is 0 Å². The van der Waals surface area contributed by atoms with Crippen LogP contribution in [0.2, 0.25) is 0 Å². The summed E-state index contributed by atoms with van der Waals surface area (Å²) in [6.45, 7) is 10.0. The molecule has 48 heavy (non-hydrogen) atoms. The van der Waals surface area contributed by atoms with Crippen LogP contribution in [0.5, 0.6) is 5.75 Å². The number of fused-ring (bicyclic) bond motifs is 1. The van der Waals surface area contributed by atoms with Gasteiger partial charge in [-0.3, -0.25) is 14.5 Å². The first-order valence-corrected chi connectivity index (χ1v) is 19.1. The summed E-state index contributed by atoms with van der Waals surface area (Å²) in [7, 11) is -3.72. The number of benzene rings is 2. The Hall–Kier alpha value is -2.99. The number of phenolic OH excluding ortho intramolecular Hbond substituents is 1. The fourth-order valence-corrected chi connectivity index (χ4v) is 7.73. The molecule has 2 aromatic carbocycles. The van der Waals surface area contributed by atoms with Gasteiger partial charge in [-0.15, -0.1) is 0 Å². The Morgan fingerprint density at radius 2 is 1.56 bits per heavy atom. The van der Waals surface area contributed by atoms with E-state index in [0.717, 1.165) is 43.1 Å². The van der Waals surface area contributed by atoms with Crippen molar-refractivity contribution in [1.82, 2.24) is 20.9 Å². The molecule has 4 rings (SSSR count). The first kappa shape index (κ1) is 37.8. The minimum Gasteiger partial charge on any atom is -0.508 e. The molecule has 0 spiro atoms. The molecule has 266 valence electrons. The second-order valence-corrected chi connectivity index (χ2v) is 18.1. The van der Waals surface area contributed by atoms with Gasteiger partial charge in [0.25, 0.3) is 0 Å². The summed E-state index contributed by atoms with van der Waals surface area (Å²) in [5.74, 6) is 0.443. The number of hydrogen-bond donors (Lipinski definition) is 5. The Labute approximate surface area is 287 Å². The molecule has 1 heterocycles. The van der Waals surface area contributed by atoms with Gasteiger partial charge in [0.05, 0.1) is 22.9 Å². The van der Waals surface area contributed by atoms with Gasteiger partial charge in [0, 0.05) is 31.4 Å². The standard InChI is InChI=1S/C37H56N4O6S/c1-36(2,3)40-34(44)31-21-27-14-10-11-15-28(27)23-41(31)24-32(43)30(20-25-12-8-7-9-13-25)39-35(45)33(37(4,5)48(6,46)47)38-22-26-16-18-29(42)19-17-26/h7-9,12-13,16-19,27-28,30-33,38,42-43H,10-11,14-15,20-24H2,1-6H3,(H,39,45)(H,40,44)/t27-,28+,30-,31-,32+,33+/m0/s1. The molecule has 0 radical (unpaired) electrons. The summed E-state index contributed by atoms with van der Waals surface area (Å²) in [5.41, 5.74) is 1.27. The van der Waals surface area contributed by atoms with E-state index in [1.807, 2.05) is 51.1 Å². The zero-order valence-electron chi connectivity index (χ0n) is 29.4. The van der Waals surface area contributed by atoms with E-state index in [2.05, 4.69) is 20.9 Å². The molecule has 1 aliphatic carbocycles. The summed E-state index contributed by atoms with van der Waals surface area (Å²) in [5, 5.41) is 31.0. The maximum absolute atomic E-state index is 14.2. The number of rotatable bonds is 13. The lowest BCUT2D eigenvalue weighted by Gasteiger charge is -2.47. The monoisotopic (exact) mass is 684 g/mol. The molecular formula is C37H56N4O6S. The Kier molecular flexibility index (Phi) is 12.4. The fourth-order valence-electron chi connectivity index (χ4n) is 7.11. The van der Waals surface area contributed by atoms with Gasteiger partial charge in [-0.1, -0.05) is 61.7 Å². The molecule has 0 unspecified atom stereocenters. The van der Waals surface area contributed by atoms with Gasteiger partial charge in [-0.2, -0.15) is 0 Å². The van der Waals surface area contributed by atoms with Crippen molar-refractivity contribution in [2.75, 3.05) is 19.3 Å². The zero-order chi connectivity index (χ0) is 35.3. The Bertz CT molecular complexity index is 1480. The molecule has 0 bridgehead atoms. The highest BCUT2D eigenvalue weighted by Crippen LogP contribution is 2.39. The molecule has 6 atom stereocenters. The van der Waals surface area contributed by atoms with Crippen LogP contribution >= 0.6 is 0 Å². The molecule has 2 aromatic rings. The van der Waals surface area contributed by atoms with Crippen LogP contribution in [-0.4, -0.2) is 89.2 Å². The van der Waals surface area contributed by atoms with E-state index in [9.17, 15) is 28.2 Å². The number of carbonyl (C=O) groups is 2. The third-order valence-corrected chi connectivity index (χ3v) is 12.3. The number of aliphatic hydroxyl groups excluding tert-OH is 1. The molecule has 0 aromatic heterocycles. The summed E-state index contributed by atoms with van der Waals surface area (Å²) >= 11 is 0. The third kappa shape index (κ3) is 10.0. The molecule has 10 nitrogen and oxygen atoms in total. The number of hydrogen-bond acceptors (Lipinski definition) is 8. The summed E-state index contributed by atoms with van der Waals surface area (Å²) in [6, 6.07) is 13.7. The molecule has 2 amide bonds. The van der Waals surface area contributed by atoms with E-state index in [1.165, 1.54) is 32.4 Å². The Morgan fingerprint density at radius 3 is 2.17 bits per heavy atom. The number of aliphatic hydroxyl groups is 1. The first-order chi connectivity index (χ1) is 22.4. The number of carbonyl (C=O) groups excluding carboxylic acids is 2. The van der Waals surface area contributed by atoms with Gasteiger partial charge in [0.15, 0.2) is 9.84 Å². The van der Waals surface area contributed by atoms with Crippen molar-refractivity contribution < 1.29 is 28.2 Å². The number of phenols is 1. The SMILES string of the molecule is CC(C)(C)NC(=O)[C@@H]1C[C@@H]2CCCC[C@@H]2CN1C[C@@H](O)[C@H](Cc1ccccc1)NC(=O)[C@@H](NCc1ccc(O)cc1)C(C)(C)S(C)(=O)=O. The molecule has 2 fully saturated rings. The van der Waals surface area contributed by atoms with Crippen molar-refractivity contribution in [1.29, 1.82) is 0 Å². The van der Waals surface area contributed by atoms with E-state index in [-0.39, 0.29) is 24.7 Å². The lowest BCUT2D eigenvalue weighted by atomic mass is 9.72. The zero-order valence-corrected chi connectivity index (χ0v) is 30.2. The van der Waals surface area contributed by atoms with Crippen LogP contribution in [0, 0.1) is 11.8 Å². The second-order valence-electron chi connectivity index (χ2n) is 15.5. The number of sulfone groups is 1. The molecule has 1 saturated carbocycles. The maximum atomic E-state index is 14.2. The van der Waals surface area contributed by atoms with Crippen molar-refractivity contribution in [2.24, 2.45) is 11.8 Å².